The Morgan fingerprint density at radius 2 is 1.28 bits per heavy atom. The molecule has 1 aliphatic heterocycles. The minimum absolute atomic E-state index is 0.615. The van der Waals surface area contributed by atoms with Crippen LogP contribution in [0.5, 0.6) is 0 Å². The van der Waals surface area contributed by atoms with E-state index >= 15 is 0 Å². The second-order valence-electron chi connectivity index (χ2n) is 3.87. The van der Waals surface area contributed by atoms with Crippen molar-refractivity contribution in [3.8, 4) is 0 Å². The quantitative estimate of drug-likeness (QED) is 0.719. The van der Waals surface area contributed by atoms with Crippen LogP contribution in [-0.2, 0) is 14.2 Å². The van der Waals surface area contributed by atoms with Crippen LogP contribution in [0.2, 0.25) is 0 Å². The highest BCUT2D eigenvalue weighted by atomic mass is 16.5. The van der Waals surface area contributed by atoms with E-state index in [2.05, 4.69) is 14.9 Å². The number of aromatic nitrogens is 2. The summed E-state index contributed by atoms with van der Waals surface area (Å²) in [6.07, 6.45) is 3.49. The lowest BCUT2D eigenvalue weighted by atomic mass is 10.5. The molecule has 2 heterocycles. The van der Waals surface area contributed by atoms with Gasteiger partial charge in [0.05, 0.1) is 39.6 Å². The molecule has 6 heteroatoms. The zero-order chi connectivity index (χ0) is 12.5. The maximum Gasteiger partial charge on any atom is 0.225 e. The summed E-state index contributed by atoms with van der Waals surface area (Å²) in [5.41, 5.74) is 0. The van der Waals surface area contributed by atoms with E-state index in [-0.39, 0.29) is 0 Å². The zero-order valence-corrected chi connectivity index (χ0v) is 10.5. The molecular formula is C12H19N3O3. The molecule has 0 spiro atoms. The Kier molecular flexibility index (Phi) is 5.84. The molecule has 0 saturated carbocycles. The van der Waals surface area contributed by atoms with Crippen molar-refractivity contribution < 1.29 is 14.2 Å². The topological polar surface area (TPSA) is 56.7 Å². The van der Waals surface area contributed by atoms with Gasteiger partial charge in [-0.25, -0.2) is 9.97 Å². The Hall–Kier alpha value is -1.24. The molecule has 0 unspecified atom stereocenters. The lowest BCUT2D eigenvalue weighted by Gasteiger charge is -2.22. The van der Waals surface area contributed by atoms with Crippen LogP contribution in [0.25, 0.3) is 0 Å². The molecule has 1 saturated heterocycles. The molecule has 1 aliphatic rings. The molecule has 18 heavy (non-hydrogen) atoms. The lowest BCUT2D eigenvalue weighted by molar-refractivity contribution is 0.0125. The number of anilines is 1. The van der Waals surface area contributed by atoms with E-state index in [4.69, 9.17) is 14.2 Å². The van der Waals surface area contributed by atoms with Crippen molar-refractivity contribution in [2.24, 2.45) is 0 Å². The van der Waals surface area contributed by atoms with Crippen molar-refractivity contribution in [3.63, 3.8) is 0 Å². The fourth-order valence-corrected chi connectivity index (χ4v) is 1.66. The van der Waals surface area contributed by atoms with Crippen LogP contribution in [0.1, 0.15) is 0 Å². The van der Waals surface area contributed by atoms with Gasteiger partial charge in [0.15, 0.2) is 0 Å². The van der Waals surface area contributed by atoms with Gasteiger partial charge in [0, 0.05) is 25.5 Å². The molecule has 0 atom stereocenters. The largest absolute Gasteiger partial charge is 0.377 e. The van der Waals surface area contributed by atoms with Gasteiger partial charge in [-0.3, -0.25) is 0 Å². The maximum absolute atomic E-state index is 5.50. The van der Waals surface area contributed by atoms with E-state index in [0.717, 1.165) is 19.0 Å². The molecule has 2 rings (SSSR count). The van der Waals surface area contributed by atoms with Crippen LogP contribution in [0, 0.1) is 0 Å². The van der Waals surface area contributed by atoms with Crippen LogP contribution >= 0.6 is 0 Å². The minimum atomic E-state index is 0.615. The first-order valence-electron chi connectivity index (χ1n) is 6.22. The average Bonchev–Trinajstić information content (AvgIpc) is 2.40. The number of nitrogens with zero attached hydrogens (tertiary/aromatic N) is 3. The van der Waals surface area contributed by atoms with Crippen molar-refractivity contribution in [2.75, 3.05) is 57.6 Å². The standard InChI is InChI=1S/C12H19N3O3/c1-2-13-12(14-3-1)15-4-6-16-8-10-18-11-9-17-7-5-15/h1-3H,4-11H2. The molecule has 0 amide bonds. The van der Waals surface area contributed by atoms with Gasteiger partial charge in [0.1, 0.15) is 0 Å². The van der Waals surface area contributed by atoms with Crippen molar-refractivity contribution in [2.45, 2.75) is 0 Å². The summed E-state index contributed by atoms with van der Waals surface area (Å²) in [5, 5.41) is 0. The molecule has 1 aromatic rings. The second kappa shape index (κ2) is 7.97. The van der Waals surface area contributed by atoms with Crippen LogP contribution in [0.3, 0.4) is 0 Å². The fraction of sp³-hybridized carbons (Fsp3) is 0.667. The second-order valence-corrected chi connectivity index (χ2v) is 3.87. The van der Waals surface area contributed by atoms with E-state index in [0.29, 0.717) is 39.6 Å². The molecule has 0 radical (unpaired) electrons. The Morgan fingerprint density at radius 1 is 0.778 bits per heavy atom. The van der Waals surface area contributed by atoms with Gasteiger partial charge < -0.3 is 19.1 Å². The molecule has 0 aliphatic carbocycles. The smallest absolute Gasteiger partial charge is 0.225 e. The van der Waals surface area contributed by atoms with Gasteiger partial charge in [-0.15, -0.1) is 0 Å². The number of ether oxygens (including phenoxy) is 3. The molecule has 6 nitrogen and oxygen atoms in total. The first-order valence-corrected chi connectivity index (χ1v) is 6.22. The third-order valence-corrected chi connectivity index (χ3v) is 2.59. The van der Waals surface area contributed by atoms with Crippen molar-refractivity contribution in [1.82, 2.24) is 9.97 Å². The third-order valence-electron chi connectivity index (χ3n) is 2.59. The van der Waals surface area contributed by atoms with Crippen molar-refractivity contribution in [1.29, 1.82) is 0 Å². The summed E-state index contributed by atoms with van der Waals surface area (Å²) >= 11 is 0. The van der Waals surface area contributed by atoms with E-state index in [1.54, 1.807) is 12.4 Å². The van der Waals surface area contributed by atoms with Crippen LogP contribution in [0.15, 0.2) is 18.5 Å². The normalized spacial score (nSPS) is 19.9. The lowest BCUT2D eigenvalue weighted by Crippen LogP contribution is -2.33. The molecule has 0 N–H and O–H groups in total. The Morgan fingerprint density at radius 3 is 1.83 bits per heavy atom. The minimum Gasteiger partial charge on any atom is -0.377 e. The molecular weight excluding hydrogens is 234 g/mol. The maximum atomic E-state index is 5.50. The monoisotopic (exact) mass is 253 g/mol. The number of rotatable bonds is 1. The van der Waals surface area contributed by atoms with E-state index in [1.807, 2.05) is 6.07 Å². The fourth-order valence-electron chi connectivity index (χ4n) is 1.66. The highest BCUT2D eigenvalue weighted by Gasteiger charge is 2.09. The average molecular weight is 253 g/mol. The SMILES string of the molecule is c1cnc(N2CCOCCOCCOCC2)nc1. The summed E-state index contributed by atoms with van der Waals surface area (Å²) in [5.74, 6) is 0.720. The first-order chi connectivity index (χ1) is 8.97. The van der Waals surface area contributed by atoms with Gasteiger partial charge in [-0.1, -0.05) is 0 Å². The van der Waals surface area contributed by atoms with Crippen molar-refractivity contribution in [3.05, 3.63) is 18.5 Å². The van der Waals surface area contributed by atoms with E-state index in [9.17, 15) is 0 Å². The Balaban J connectivity index is 1.89. The van der Waals surface area contributed by atoms with E-state index in [1.165, 1.54) is 0 Å². The Bertz CT molecular complexity index is 312. The molecule has 0 aromatic carbocycles. The third kappa shape index (κ3) is 4.56. The summed E-state index contributed by atoms with van der Waals surface area (Å²) < 4.78 is 16.3. The van der Waals surface area contributed by atoms with Gasteiger partial charge >= 0.3 is 0 Å². The van der Waals surface area contributed by atoms with Gasteiger partial charge in [-0.2, -0.15) is 0 Å². The molecule has 100 valence electrons. The highest BCUT2D eigenvalue weighted by Crippen LogP contribution is 2.04. The number of hydrogen-bond acceptors (Lipinski definition) is 6. The Labute approximate surface area is 107 Å². The summed E-state index contributed by atoms with van der Waals surface area (Å²) in [4.78, 5) is 10.6. The first kappa shape index (κ1) is 13.2. The zero-order valence-electron chi connectivity index (χ0n) is 10.5. The van der Waals surface area contributed by atoms with Crippen LogP contribution < -0.4 is 4.90 Å². The molecule has 1 fully saturated rings. The van der Waals surface area contributed by atoms with E-state index < -0.39 is 0 Å². The number of hydrogen-bond donors (Lipinski definition) is 0. The van der Waals surface area contributed by atoms with Gasteiger partial charge in [-0.05, 0) is 6.07 Å². The van der Waals surface area contributed by atoms with Crippen LogP contribution in [0.4, 0.5) is 5.95 Å². The van der Waals surface area contributed by atoms with Crippen LogP contribution in [-0.4, -0.2) is 62.7 Å². The summed E-state index contributed by atoms with van der Waals surface area (Å²) in [6.45, 7) is 5.26. The van der Waals surface area contributed by atoms with Gasteiger partial charge in [0.25, 0.3) is 0 Å². The van der Waals surface area contributed by atoms with Crippen molar-refractivity contribution >= 4 is 5.95 Å². The predicted octanol–water partition coefficient (Wildman–Crippen LogP) is 0.346. The molecule has 0 bridgehead atoms. The summed E-state index contributed by atoms with van der Waals surface area (Å²) in [7, 11) is 0. The van der Waals surface area contributed by atoms with Gasteiger partial charge in [0.2, 0.25) is 5.95 Å². The molecule has 1 aromatic heterocycles. The highest BCUT2D eigenvalue weighted by molar-refractivity contribution is 5.27. The predicted molar refractivity (Wildman–Crippen MR) is 66.7 cm³/mol. The summed E-state index contributed by atoms with van der Waals surface area (Å²) in [6, 6.07) is 1.81.